The first kappa shape index (κ1) is 22.7. The lowest BCUT2D eigenvalue weighted by Crippen LogP contribution is -2.43. The highest BCUT2D eigenvalue weighted by atomic mass is 16.1. The maximum atomic E-state index is 12.2. The van der Waals surface area contributed by atoms with Gasteiger partial charge in [0.1, 0.15) is 11.5 Å². The molecule has 1 aliphatic rings. The first-order valence-corrected chi connectivity index (χ1v) is 11.9. The fourth-order valence-corrected chi connectivity index (χ4v) is 4.23. The van der Waals surface area contributed by atoms with Crippen LogP contribution in [0.25, 0.3) is 11.4 Å². The van der Waals surface area contributed by atoms with Crippen molar-refractivity contribution in [1.29, 1.82) is 0 Å². The van der Waals surface area contributed by atoms with Crippen LogP contribution in [0.1, 0.15) is 29.2 Å². The van der Waals surface area contributed by atoms with Crippen molar-refractivity contribution in [3.63, 3.8) is 0 Å². The van der Waals surface area contributed by atoms with Gasteiger partial charge in [0.25, 0.3) is 5.91 Å². The van der Waals surface area contributed by atoms with Gasteiger partial charge in [-0.05, 0) is 37.1 Å². The Kier molecular flexibility index (Phi) is 7.05. The number of carbonyl (C=O) groups excluding carboxylic acids is 1. The van der Waals surface area contributed by atoms with Gasteiger partial charge in [0.2, 0.25) is 0 Å². The van der Waals surface area contributed by atoms with E-state index >= 15 is 0 Å². The second-order valence-corrected chi connectivity index (χ2v) is 8.53. The van der Waals surface area contributed by atoms with Crippen molar-refractivity contribution in [1.82, 2.24) is 30.5 Å². The van der Waals surface area contributed by atoms with E-state index in [-0.39, 0.29) is 5.91 Å². The van der Waals surface area contributed by atoms with E-state index in [9.17, 15) is 4.79 Å². The van der Waals surface area contributed by atoms with Crippen LogP contribution in [-0.2, 0) is 6.42 Å². The van der Waals surface area contributed by atoms with Crippen LogP contribution >= 0.6 is 0 Å². The van der Waals surface area contributed by atoms with Crippen molar-refractivity contribution >= 4 is 17.3 Å². The quantitative estimate of drug-likeness (QED) is 0.364. The van der Waals surface area contributed by atoms with Gasteiger partial charge in [0.05, 0.1) is 6.20 Å². The Balaban J connectivity index is 1.05. The molecule has 1 fully saturated rings. The van der Waals surface area contributed by atoms with Gasteiger partial charge in [-0.1, -0.05) is 30.3 Å². The van der Waals surface area contributed by atoms with Gasteiger partial charge in [-0.25, -0.2) is 9.97 Å². The minimum Gasteiger partial charge on any atom is -0.371 e. The number of hydrogen-bond acceptors (Lipinski definition) is 7. The maximum absolute atomic E-state index is 12.2. The number of aromatic amines is 1. The van der Waals surface area contributed by atoms with E-state index in [1.807, 2.05) is 54.6 Å². The topological polar surface area (TPSA) is 112 Å². The number of amides is 1. The molecule has 2 aromatic heterocycles. The number of rotatable bonds is 8. The second kappa shape index (κ2) is 10.9. The van der Waals surface area contributed by atoms with Gasteiger partial charge >= 0.3 is 0 Å². The first-order chi connectivity index (χ1) is 17.2. The lowest BCUT2D eigenvalue weighted by atomic mass is 10.0. The molecule has 35 heavy (non-hydrogen) atoms. The van der Waals surface area contributed by atoms with Gasteiger partial charge in [-0.3, -0.25) is 14.9 Å². The molecule has 4 aromatic rings. The van der Waals surface area contributed by atoms with Crippen LogP contribution in [0.2, 0.25) is 0 Å². The molecule has 3 N–H and O–H groups in total. The Hall–Kier alpha value is -4.11. The average molecular weight is 469 g/mol. The number of carbonyl (C=O) groups is 1. The number of aromatic nitrogens is 5. The van der Waals surface area contributed by atoms with Crippen molar-refractivity contribution in [2.45, 2.75) is 25.3 Å². The molecule has 3 heterocycles. The Labute approximate surface area is 204 Å². The largest absolute Gasteiger partial charge is 0.371 e. The third-order valence-electron chi connectivity index (χ3n) is 6.14. The van der Waals surface area contributed by atoms with Crippen LogP contribution in [0.3, 0.4) is 0 Å². The summed E-state index contributed by atoms with van der Waals surface area (Å²) in [5.41, 5.74) is 3.22. The summed E-state index contributed by atoms with van der Waals surface area (Å²) in [6.45, 7) is 2.85. The van der Waals surface area contributed by atoms with E-state index in [0.717, 1.165) is 67.5 Å². The van der Waals surface area contributed by atoms with Crippen molar-refractivity contribution in [3.8, 4) is 11.4 Å². The fraction of sp³-hybridized carbons (Fsp3) is 0.269. The average Bonchev–Trinajstić information content (AvgIpc) is 3.40. The SMILES string of the molecule is O=C(Nc1ccc(N2CCC(NCCc3nc(-c4ccccc4)n[nH]3)CC2)cc1)c1cnccn1. The third kappa shape index (κ3) is 5.88. The Bertz CT molecular complexity index is 1220. The van der Waals surface area contributed by atoms with Gasteiger partial charge in [-0.2, -0.15) is 5.10 Å². The maximum Gasteiger partial charge on any atom is 0.275 e. The molecule has 5 rings (SSSR count). The predicted octanol–water partition coefficient (Wildman–Crippen LogP) is 3.32. The van der Waals surface area contributed by atoms with E-state index in [1.165, 1.54) is 12.4 Å². The van der Waals surface area contributed by atoms with Crippen molar-refractivity contribution in [3.05, 3.63) is 84.7 Å². The molecule has 0 atom stereocenters. The minimum atomic E-state index is -0.264. The molecule has 0 saturated carbocycles. The van der Waals surface area contributed by atoms with Crippen LogP contribution in [-0.4, -0.2) is 56.7 Å². The molecule has 9 heteroatoms. The predicted molar refractivity (Wildman–Crippen MR) is 135 cm³/mol. The highest BCUT2D eigenvalue weighted by molar-refractivity contribution is 6.02. The normalized spacial score (nSPS) is 14.1. The first-order valence-electron chi connectivity index (χ1n) is 11.9. The lowest BCUT2D eigenvalue weighted by Gasteiger charge is -2.34. The number of piperidine rings is 1. The van der Waals surface area contributed by atoms with Crippen molar-refractivity contribution in [2.24, 2.45) is 0 Å². The third-order valence-corrected chi connectivity index (χ3v) is 6.14. The van der Waals surface area contributed by atoms with Crippen LogP contribution in [0, 0.1) is 0 Å². The summed E-state index contributed by atoms with van der Waals surface area (Å²) in [7, 11) is 0. The summed E-state index contributed by atoms with van der Waals surface area (Å²) in [5.74, 6) is 1.38. The van der Waals surface area contributed by atoms with Crippen molar-refractivity contribution in [2.75, 3.05) is 29.9 Å². The molecule has 0 unspecified atom stereocenters. The Morgan fingerprint density at radius 1 is 1.03 bits per heavy atom. The van der Waals surface area contributed by atoms with Gasteiger partial charge in [-0.15, -0.1) is 0 Å². The lowest BCUT2D eigenvalue weighted by molar-refractivity contribution is 0.102. The minimum absolute atomic E-state index is 0.264. The van der Waals surface area contributed by atoms with E-state index in [2.05, 4.69) is 40.7 Å². The van der Waals surface area contributed by atoms with Gasteiger partial charge < -0.3 is 15.5 Å². The molecule has 0 radical (unpaired) electrons. The number of H-pyrrole nitrogens is 1. The molecule has 0 aliphatic carbocycles. The highest BCUT2D eigenvalue weighted by Gasteiger charge is 2.19. The number of hydrogen-bond donors (Lipinski definition) is 3. The van der Waals surface area contributed by atoms with E-state index in [1.54, 1.807) is 6.20 Å². The van der Waals surface area contributed by atoms with Crippen molar-refractivity contribution < 1.29 is 4.79 Å². The Morgan fingerprint density at radius 3 is 2.57 bits per heavy atom. The van der Waals surface area contributed by atoms with Crippen LogP contribution in [0.4, 0.5) is 11.4 Å². The molecule has 1 amide bonds. The zero-order valence-corrected chi connectivity index (χ0v) is 19.4. The molecule has 1 saturated heterocycles. The molecule has 1 aliphatic heterocycles. The van der Waals surface area contributed by atoms with Crippen LogP contribution < -0.4 is 15.5 Å². The van der Waals surface area contributed by atoms with E-state index in [0.29, 0.717) is 11.7 Å². The van der Waals surface area contributed by atoms with Gasteiger partial charge in [0.15, 0.2) is 5.82 Å². The number of nitrogens with one attached hydrogen (secondary N) is 3. The molecule has 178 valence electrons. The molecular formula is C26H28N8O. The number of nitrogens with zero attached hydrogens (tertiary/aromatic N) is 5. The highest BCUT2D eigenvalue weighted by Crippen LogP contribution is 2.22. The van der Waals surface area contributed by atoms with Crippen LogP contribution in [0.5, 0.6) is 0 Å². The smallest absolute Gasteiger partial charge is 0.275 e. The summed E-state index contributed by atoms with van der Waals surface area (Å²) < 4.78 is 0. The van der Waals surface area contributed by atoms with Crippen LogP contribution in [0.15, 0.2) is 73.2 Å². The zero-order chi connectivity index (χ0) is 23.9. The standard InChI is InChI=1S/C26H28N8O/c35-26(23-18-27-14-15-29-23)30-21-6-8-22(9-7-21)34-16-11-20(12-17-34)28-13-10-24-31-25(33-32-24)19-4-2-1-3-5-19/h1-9,14-15,18,20,28H,10-13,16-17H2,(H,30,35)(H,31,32,33). The molecule has 2 aromatic carbocycles. The molecular weight excluding hydrogens is 440 g/mol. The monoisotopic (exact) mass is 468 g/mol. The van der Waals surface area contributed by atoms with Gasteiger partial charge in [0, 0.05) is 61.4 Å². The Morgan fingerprint density at radius 2 is 1.83 bits per heavy atom. The summed E-state index contributed by atoms with van der Waals surface area (Å²) in [5, 5.41) is 13.9. The molecule has 0 spiro atoms. The summed E-state index contributed by atoms with van der Waals surface area (Å²) in [6, 6.07) is 18.5. The number of benzene rings is 2. The fourth-order valence-electron chi connectivity index (χ4n) is 4.23. The molecule has 0 bridgehead atoms. The second-order valence-electron chi connectivity index (χ2n) is 8.53. The summed E-state index contributed by atoms with van der Waals surface area (Å²) in [6.07, 6.45) is 7.49. The van der Waals surface area contributed by atoms with E-state index < -0.39 is 0 Å². The van der Waals surface area contributed by atoms with E-state index in [4.69, 9.17) is 0 Å². The molecule has 9 nitrogen and oxygen atoms in total. The zero-order valence-electron chi connectivity index (χ0n) is 19.4. The number of anilines is 2. The summed E-state index contributed by atoms with van der Waals surface area (Å²) >= 11 is 0. The summed E-state index contributed by atoms with van der Waals surface area (Å²) in [4.78, 5) is 27.2.